The van der Waals surface area contributed by atoms with Gasteiger partial charge in [0, 0.05) is 19.8 Å². The highest BCUT2D eigenvalue weighted by Gasteiger charge is 2.04. The zero-order valence-electron chi connectivity index (χ0n) is 10.2. The standard InChI is InChI=1S/C10H23N4PS/c1-3-4-9-13-15(11,16)14-10-7-5-6-8-12-2/h8,10H,3-7,9H2,1-2H3,(H3,11,13,16). The first-order valence-corrected chi connectivity index (χ1v) is 8.53. The van der Waals surface area contributed by atoms with Gasteiger partial charge in [-0.25, -0.2) is 4.76 Å². The Morgan fingerprint density at radius 1 is 1.31 bits per heavy atom. The van der Waals surface area contributed by atoms with Crippen LogP contribution in [0.3, 0.4) is 0 Å². The van der Waals surface area contributed by atoms with E-state index >= 15 is 0 Å². The molecular weight excluding hydrogens is 239 g/mol. The molecule has 0 bridgehead atoms. The van der Waals surface area contributed by atoms with Gasteiger partial charge in [0.1, 0.15) is 0 Å². The predicted molar refractivity (Wildman–Crippen MR) is 78.1 cm³/mol. The van der Waals surface area contributed by atoms with Crippen LogP contribution in [0.2, 0.25) is 0 Å². The van der Waals surface area contributed by atoms with Crippen LogP contribution in [0.25, 0.3) is 0 Å². The Morgan fingerprint density at radius 2 is 2.00 bits per heavy atom. The van der Waals surface area contributed by atoms with Crippen LogP contribution in [0.1, 0.15) is 39.0 Å². The van der Waals surface area contributed by atoms with E-state index in [1.165, 1.54) is 0 Å². The summed E-state index contributed by atoms with van der Waals surface area (Å²) in [4.78, 5) is 3.91. The maximum atomic E-state index is 5.89. The zero-order valence-corrected chi connectivity index (χ0v) is 11.9. The van der Waals surface area contributed by atoms with E-state index in [9.17, 15) is 0 Å². The molecule has 0 aliphatic carbocycles. The lowest BCUT2D eigenvalue weighted by molar-refractivity contribution is 0.769. The largest absolute Gasteiger partial charge is 0.301 e. The van der Waals surface area contributed by atoms with Gasteiger partial charge in [-0.05, 0) is 43.7 Å². The number of nitrogens with two attached hydrogens (primary N) is 1. The SMILES string of the molecule is CCCCNP(N)(=S)N=CCCCC=NC. The van der Waals surface area contributed by atoms with Crippen LogP contribution in [0, 0.1) is 0 Å². The Morgan fingerprint density at radius 3 is 2.62 bits per heavy atom. The van der Waals surface area contributed by atoms with E-state index in [-0.39, 0.29) is 0 Å². The van der Waals surface area contributed by atoms with Gasteiger partial charge in [-0.15, -0.1) is 0 Å². The van der Waals surface area contributed by atoms with E-state index in [0.717, 1.165) is 38.6 Å². The quantitative estimate of drug-likeness (QED) is 0.381. The normalized spacial score (nSPS) is 15.9. The molecule has 0 aromatic rings. The summed E-state index contributed by atoms with van der Waals surface area (Å²) in [7, 11) is 1.78. The van der Waals surface area contributed by atoms with Crippen LogP contribution in [-0.2, 0) is 11.8 Å². The predicted octanol–water partition coefficient (Wildman–Crippen LogP) is 2.50. The second kappa shape index (κ2) is 10.1. The number of nitrogens with zero attached hydrogens (tertiary/aromatic N) is 2. The molecule has 1 atom stereocenters. The smallest absolute Gasteiger partial charge is 0.179 e. The van der Waals surface area contributed by atoms with Crippen molar-refractivity contribution in [2.24, 2.45) is 15.3 Å². The lowest BCUT2D eigenvalue weighted by Crippen LogP contribution is -2.15. The third kappa shape index (κ3) is 10.4. The Balaban J connectivity index is 3.69. The van der Waals surface area contributed by atoms with Gasteiger partial charge < -0.3 is 4.99 Å². The number of hydrogen-bond acceptors (Lipinski definition) is 2. The van der Waals surface area contributed by atoms with Crippen molar-refractivity contribution in [3.8, 4) is 0 Å². The monoisotopic (exact) mass is 262 g/mol. The van der Waals surface area contributed by atoms with Crippen LogP contribution in [0.15, 0.2) is 9.76 Å². The Hall–Kier alpha value is -0.0900. The molecule has 0 radical (unpaired) electrons. The Bertz CT molecular complexity index is 266. The summed E-state index contributed by atoms with van der Waals surface area (Å²) in [5, 5.41) is 3.14. The Labute approximate surface area is 104 Å². The first-order chi connectivity index (χ1) is 7.62. The highest BCUT2D eigenvalue weighted by Crippen LogP contribution is 2.32. The van der Waals surface area contributed by atoms with Gasteiger partial charge in [0.2, 0.25) is 0 Å². The summed E-state index contributed by atoms with van der Waals surface area (Å²) >= 11 is 5.21. The summed E-state index contributed by atoms with van der Waals surface area (Å²) in [5.74, 6) is 0. The molecule has 0 heterocycles. The molecule has 0 aliphatic heterocycles. The third-order valence-electron chi connectivity index (χ3n) is 1.97. The van der Waals surface area contributed by atoms with Gasteiger partial charge >= 0.3 is 0 Å². The molecular formula is C10H23N4PS. The van der Waals surface area contributed by atoms with E-state index in [0.29, 0.717) is 0 Å². The van der Waals surface area contributed by atoms with Crippen LogP contribution in [0.5, 0.6) is 0 Å². The lowest BCUT2D eigenvalue weighted by atomic mass is 10.3. The van der Waals surface area contributed by atoms with Crippen LogP contribution in [-0.4, -0.2) is 26.0 Å². The van der Waals surface area contributed by atoms with Crippen molar-refractivity contribution in [3.05, 3.63) is 0 Å². The summed E-state index contributed by atoms with van der Waals surface area (Å²) in [6.07, 6.45) is 8.94. The summed E-state index contributed by atoms with van der Waals surface area (Å²) in [6.45, 7) is 0.846. The minimum absolute atomic E-state index is 0.865. The van der Waals surface area contributed by atoms with E-state index in [1.54, 1.807) is 7.05 Å². The number of nitrogens with one attached hydrogen (secondary N) is 1. The highest BCUT2D eigenvalue weighted by molar-refractivity contribution is 8.11. The molecule has 0 amide bonds. The molecule has 0 saturated heterocycles. The van der Waals surface area contributed by atoms with Crippen molar-refractivity contribution in [2.45, 2.75) is 39.0 Å². The summed E-state index contributed by atoms with van der Waals surface area (Å²) in [5.41, 5.74) is 5.89. The molecule has 16 heavy (non-hydrogen) atoms. The van der Waals surface area contributed by atoms with Crippen molar-refractivity contribution < 1.29 is 0 Å². The lowest BCUT2D eigenvalue weighted by Gasteiger charge is -2.12. The van der Waals surface area contributed by atoms with Crippen LogP contribution >= 0.6 is 6.49 Å². The summed E-state index contributed by atoms with van der Waals surface area (Å²) in [6, 6.07) is 0. The van der Waals surface area contributed by atoms with Gasteiger partial charge in [-0.1, -0.05) is 13.3 Å². The van der Waals surface area contributed by atoms with Crippen molar-refractivity contribution in [3.63, 3.8) is 0 Å². The minimum atomic E-state index is -2.16. The van der Waals surface area contributed by atoms with Crippen molar-refractivity contribution in [1.82, 2.24) is 5.09 Å². The molecule has 0 fully saturated rings. The molecule has 4 nitrogen and oxygen atoms in total. The number of rotatable bonds is 9. The minimum Gasteiger partial charge on any atom is -0.301 e. The van der Waals surface area contributed by atoms with Gasteiger partial charge in [0.15, 0.2) is 6.49 Å². The molecule has 0 aromatic heterocycles. The third-order valence-corrected chi connectivity index (χ3v) is 3.82. The first-order valence-electron chi connectivity index (χ1n) is 5.71. The van der Waals surface area contributed by atoms with Crippen molar-refractivity contribution >= 4 is 30.7 Å². The van der Waals surface area contributed by atoms with Crippen molar-refractivity contribution in [2.75, 3.05) is 13.6 Å². The fourth-order valence-corrected chi connectivity index (χ4v) is 2.46. The first kappa shape index (κ1) is 15.9. The average Bonchev–Trinajstić information content (AvgIpc) is 2.23. The average molecular weight is 262 g/mol. The van der Waals surface area contributed by atoms with Gasteiger partial charge in [-0.2, -0.15) is 0 Å². The molecule has 0 aromatic carbocycles. The number of aliphatic imine (C=N–C) groups is 1. The zero-order chi connectivity index (χ0) is 12.3. The van der Waals surface area contributed by atoms with E-state index in [2.05, 4.69) is 21.8 Å². The summed E-state index contributed by atoms with van der Waals surface area (Å²) < 4.78 is 4.25. The maximum absolute atomic E-state index is 5.89. The fraction of sp³-hybridized carbons (Fsp3) is 0.800. The molecule has 94 valence electrons. The van der Waals surface area contributed by atoms with Crippen LogP contribution < -0.4 is 10.6 Å². The Kier molecular flexibility index (Phi) is 10.0. The maximum Gasteiger partial charge on any atom is 0.179 e. The molecule has 0 spiro atoms. The molecule has 0 saturated carbocycles. The number of unbranched alkanes of at least 4 members (excludes halogenated alkanes) is 3. The number of hydrogen-bond donors (Lipinski definition) is 2. The molecule has 1 unspecified atom stereocenters. The second-order valence-electron chi connectivity index (χ2n) is 3.55. The molecule has 0 aliphatic rings. The second-order valence-corrected chi connectivity index (χ2v) is 7.02. The fourth-order valence-electron chi connectivity index (χ4n) is 1.07. The topological polar surface area (TPSA) is 62.8 Å². The molecule has 0 rings (SSSR count). The van der Waals surface area contributed by atoms with Crippen molar-refractivity contribution in [1.29, 1.82) is 0 Å². The van der Waals surface area contributed by atoms with E-state index in [4.69, 9.17) is 17.3 Å². The molecule has 3 N–H and O–H groups in total. The van der Waals surface area contributed by atoms with Gasteiger partial charge in [-0.3, -0.25) is 10.6 Å². The van der Waals surface area contributed by atoms with Crippen LogP contribution in [0.4, 0.5) is 0 Å². The highest BCUT2D eigenvalue weighted by atomic mass is 32.4. The molecule has 6 heteroatoms. The van der Waals surface area contributed by atoms with E-state index in [1.807, 2.05) is 12.4 Å². The van der Waals surface area contributed by atoms with Gasteiger partial charge in [0.25, 0.3) is 0 Å². The van der Waals surface area contributed by atoms with E-state index < -0.39 is 6.49 Å². The van der Waals surface area contributed by atoms with Gasteiger partial charge in [0.05, 0.1) is 0 Å².